The first-order valence-corrected chi connectivity index (χ1v) is 7.78. The SMILES string of the molecule is Cc1cc(Br)ccc1N1CCCNC(C2CC2)C1. The molecule has 1 saturated heterocycles. The molecule has 0 aromatic heterocycles. The van der Waals surface area contributed by atoms with Crippen molar-refractivity contribution in [1.29, 1.82) is 0 Å². The van der Waals surface area contributed by atoms with Gasteiger partial charge in [-0.05, 0) is 62.4 Å². The van der Waals surface area contributed by atoms with E-state index < -0.39 is 0 Å². The molecule has 1 atom stereocenters. The molecule has 1 saturated carbocycles. The van der Waals surface area contributed by atoms with E-state index in [2.05, 4.69) is 51.3 Å². The van der Waals surface area contributed by atoms with Crippen LogP contribution in [-0.2, 0) is 0 Å². The summed E-state index contributed by atoms with van der Waals surface area (Å²) in [6, 6.07) is 7.34. The van der Waals surface area contributed by atoms with E-state index in [9.17, 15) is 0 Å². The third-order valence-corrected chi connectivity index (χ3v) is 4.61. The van der Waals surface area contributed by atoms with E-state index in [1.165, 1.54) is 54.6 Å². The molecule has 1 heterocycles. The van der Waals surface area contributed by atoms with Gasteiger partial charge in [-0.25, -0.2) is 0 Å². The Labute approximate surface area is 118 Å². The van der Waals surface area contributed by atoms with Crippen LogP contribution >= 0.6 is 15.9 Å². The van der Waals surface area contributed by atoms with Gasteiger partial charge < -0.3 is 10.2 Å². The maximum atomic E-state index is 3.72. The number of aryl methyl sites for hydroxylation is 1. The number of nitrogens with one attached hydrogen (secondary N) is 1. The molecule has 18 heavy (non-hydrogen) atoms. The Morgan fingerprint density at radius 1 is 1.33 bits per heavy atom. The smallest absolute Gasteiger partial charge is 0.0397 e. The largest absolute Gasteiger partial charge is 0.370 e. The van der Waals surface area contributed by atoms with E-state index in [-0.39, 0.29) is 0 Å². The van der Waals surface area contributed by atoms with Crippen LogP contribution in [0.2, 0.25) is 0 Å². The molecule has 1 aromatic carbocycles. The molecule has 2 aliphatic rings. The minimum Gasteiger partial charge on any atom is -0.370 e. The number of benzene rings is 1. The molecular weight excluding hydrogens is 288 g/mol. The van der Waals surface area contributed by atoms with Crippen molar-refractivity contribution in [3.63, 3.8) is 0 Å². The van der Waals surface area contributed by atoms with Crippen LogP contribution in [0, 0.1) is 12.8 Å². The third kappa shape index (κ3) is 2.72. The summed E-state index contributed by atoms with van der Waals surface area (Å²) in [7, 11) is 0. The Kier molecular flexibility index (Phi) is 3.62. The van der Waals surface area contributed by atoms with Gasteiger partial charge in [0.2, 0.25) is 0 Å². The first kappa shape index (κ1) is 12.5. The molecule has 0 bridgehead atoms. The summed E-state index contributed by atoms with van der Waals surface area (Å²) in [5.74, 6) is 0.932. The predicted molar refractivity (Wildman–Crippen MR) is 80.2 cm³/mol. The monoisotopic (exact) mass is 308 g/mol. The lowest BCUT2D eigenvalue weighted by atomic mass is 10.1. The fourth-order valence-corrected chi connectivity index (χ4v) is 3.43. The first-order valence-electron chi connectivity index (χ1n) is 6.98. The van der Waals surface area contributed by atoms with Crippen molar-refractivity contribution in [2.24, 2.45) is 5.92 Å². The normalized spacial score (nSPS) is 25.0. The van der Waals surface area contributed by atoms with Crippen LogP contribution in [0.1, 0.15) is 24.8 Å². The average Bonchev–Trinajstić information content (AvgIpc) is 3.15. The zero-order chi connectivity index (χ0) is 12.5. The van der Waals surface area contributed by atoms with Gasteiger partial charge in [-0.1, -0.05) is 15.9 Å². The van der Waals surface area contributed by atoms with Crippen LogP contribution in [0.5, 0.6) is 0 Å². The summed E-state index contributed by atoms with van der Waals surface area (Å²) >= 11 is 3.55. The lowest BCUT2D eigenvalue weighted by Gasteiger charge is -2.28. The van der Waals surface area contributed by atoms with Crippen molar-refractivity contribution in [1.82, 2.24) is 5.32 Å². The molecule has 1 aliphatic heterocycles. The van der Waals surface area contributed by atoms with E-state index in [0.29, 0.717) is 6.04 Å². The molecule has 0 amide bonds. The number of hydrogen-bond donors (Lipinski definition) is 1. The van der Waals surface area contributed by atoms with Crippen molar-refractivity contribution in [3.8, 4) is 0 Å². The third-order valence-electron chi connectivity index (χ3n) is 4.12. The van der Waals surface area contributed by atoms with Crippen LogP contribution in [0.3, 0.4) is 0 Å². The number of hydrogen-bond acceptors (Lipinski definition) is 2. The first-order chi connectivity index (χ1) is 8.74. The van der Waals surface area contributed by atoms with Gasteiger partial charge in [-0.3, -0.25) is 0 Å². The number of halogens is 1. The number of nitrogens with zero attached hydrogens (tertiary/aromatic N) is 1. The second kappa shape index (κ2) is 5.22. The lowest BCUT2D eigenvalue weighted by Crippen LogP contribution is -2.39. The molecule has 1 aromatic rings. The van der Waals surface area contributed by atoms with Crippen molar-refractivity contribution in [2.45, 2.75) is 32.2 Å². The summed E-state index contributed by atoms with van der Waals surface area (Å²) in [4.78, 5) is 2.57. The fourth-order valence-electron chi connectivity index (χ4n) is 2.96. The Balaban J connectivity index is 1.80. The summed E-state index contributed by atoms with van der Waals surface area (Å²) < 4.78 is 1.18. The molecule has 3 heteroatoms. The summed E-state index contributed by atoms with van der Waals surface area (Å²) in [6.07, 6.45) is 4.09. The highest BCUT2D eigenvalue weighted by Gasteiger charge is 2.33. The van der Waals surface area contributed by atoms with E-state index in [1.54, 1.807) is 0 Å². The highest BCUT2D eigenvalue weighted by molar-refractivity contribution is 9.10. The molecule has 1 aliphatic carbocycles. The summed E-state index contributed by atoms with van der Waals surface area (Å²) in [5, 5.41) is 3.72. The molecule has 1 unspecified atom stereocenters. The second-order valence-electron chi connectivity index (χ2n) is 5.63. The molecule has 0 radical (unpaired) electrons. The van der Waals surface area contributed by atoms with Crippen LogP contribution in [0.4, 0.5) is 5.69 Å². The van der Waals surface area contributed by atoms with E-state index in [1.807, 2.05) is 0 Å². The standard InChI is InChI=1S/C15H21BrN2/c1-11-9-13(16)5-6-15(11)18-8-2-7-17-14(10-18)12-3-4-12/h5-6,9,12,14,17H,2-4,7-8,10H2,1H3. The van der Waals surface area contributed by atoms with Crippen molar-refractivity contribution >= 4 is 21.6 Å². The van der Waals surface area contributed by atoms with Gasteiger partial charge >= 0.3 is 0 Å². The lowest BCUT2D eigenvalue weighted by molar-refractivity contribution is 0.490. The zero-order valence-electron chi connectivity index (χ0n) is 11.0. The van der Waals surface area contributed by atoms with Crippen LogP contribution < -0.4 is 10.2 Å². The van der Waals surface area contributed by atoms with Gasteiger partial charge in [-0.2, -0.15) is 0 Å². The summed E-state index contributed by atoms with van der Waals surface area (Å²) in [5.41, 5.74) is 2.79. The van der Waals surface area contributed by atoms with Crippen molar-refractivity contribution in [2.75, 3.05) is 24.5 Å². The minimum absolute atomic E-state index is 0.704. The quantitative estimate of drug-likeness (QED) is 0.901. The fraction of sp³-hybridized carbons (Fsp3) is 0.600. The Morgan fingerprint density at radius 2 is 2.17 bits per heavy atom. The van der Waals surface area contributed by atoms with Gasteiger partial charge in [0.05, 0.1) is 0 Å². The zero-order valence-corrected chi connectivity index (χ0v) is 12.5. The molecule has 0 spiro atoms. The van der Waals surface area contributed by atoms with Crippen molar-refractivity contribution < 1.29 is 0 Å². The molecular formula is C15H21BrN2. The van der Waals surface area contributed by atoms with Gasteiger partial charge in [0.25, 0.3) is 0 Å². The highest BCUT2D eigenvalue weighted by atomic mass is 79.9. The van der Waals surface area contributed by atoms with Crippen LogP contribution in [0.25, 0.3) is 0 Å². The van der Waals surface area contributed by atoms with Crippen LogP contribution in [0.15, 0.2) is 22.7 Å². The Hall–Kier alpha value is -0.540. The number of rotatable bonds is 2. The van der Waals surface area contributed by atoms with Crippen LogP contribution in [-0.4, -0.2) is 25.7 Å². The Bertz CT molecular complexity index is 429. The van der Waals surface area contributed by atoms with E-state index in [4.69, 9.17) is 0 Å². The minimum atomic E-state index is 0.704. The van der Waals surface area contributed by atoms with Gasteiger partial charge in [0, 0.05) is 29.3 Å². The topological polar surface area (TPSA) is 15.3 Å². The van der Waals surface area contributed by atoms with Crippen molar-refractivity contribution in [3.05, 3.63) is 28.2 Å². The maximum absolute atomic E-state index is 3.72. The molecule has 98 valence electrons. The molecule has 3 rings (SSSR count). The molecule has 2 fully saturated rings. The number of anilines is 1. The van der Waals surface area contributed by atoms with E-state index >= 15 is 0 Å². The average molecular weight is 309 g/mol. The highest BCUT2D eigenvalue weighted by Crippen LogP contribution is 2.34. The second-order valence-corrected chi connectivity index (χ2v) is 6.54. The molecule has 2 nitrogen and oxygen atoms in total. The van der Waals surface area contributed by atoms with Gasteiger partial charge in [-0.15, -0.1) is 0 Å². The maximum Gasteiger partial charge on any atom is 0.0397 e. The van der Waals surface area contributed by atoms with Gasteiger partial charge in [0.15, 0.2) is 0 Å². The van der Waals surface area contributed by atoms with E-state index in [0.717, 1.165) is 5.92 Å². The van der Waals surface area contributed by atoms with Gasteiger partial charge in [0.1, 0.15) is 0 Å². The summed E-state index contributed by atoms with van der Waals surface area (Å²) in [6.45, 7) is 5.74. The molecule has 1 N–H and O–H groups in total. The predicted octanol–water partition coefficient (Wildman–Crippen LogP) is 3.34. The Morgan fingerprint density at radius 3 is 2.89 bits per heavy atom.